The van der Waals surface area contributed by atoms with Crippen LogP contribution in [0.25, 0.3) is 0 Å². The Morgan fingerprint density at radius 1 is 0.484 bits per heavy atom. The van der Waals surface area contributed by atoms with Gasteiger partial charge >= 0.3 is 6.40 Å². The molecule has 1 N–H and O–H groups in total. The Morgan fingerprint density at radius 3 is 1.29 bits per heavy atom. The van der Waals surface area contributed by atoms with Crippen molar-refractivity contribution in [2.75, 3.05) is 18.1 Å². The first-order valence-electron chi connectivity index (χ1n) is 14.2. The third-order valence-corrected chi connectivity index (χ3v) is 8.72. The number of hydrogen-bond donors (Lipinski definition) is 1. The summed E-state index contributed by atoms with van der Waals surface area (Å²) in [6.07, 6.45) is 27.9. The lowest BCUT2D eigenvalue weighted by Gasteiger charge is -2.11. The van der Waals surface area contributed by atoms with Gasteiger partial charge in [-0.05, 0) is 36.4 Å². The summed E-state index contributed by atoms with van der Waals surface area (Å²) in [7, 11) is 0.0369. The summed E-state index contributed by atoms with van der Waals surface area (Å²) in [6, 6.07) is 0. The highest BCUT2D eigenvalue weighted by molar-refractivity contribution is 8.21. The Bertz CT molecular complexity index is 330. The number of unbranched alkanes of at least 4 members (excludes halogenated alkanes) is 18. The molecule has 186 valence electrons. The Hall–Kier alpha value is 0.335. The van der Waals surface area contributed by atoms with Crippen molar-refractivity contribution in [2.24, 2.45) is 0 Å². The van der Waals surface area contributed by atoms with E-state index >= 15 is 0 Å². The lowest BCUT2D eigenvalue weighted by atomic mass is 10.1. The number of rotatable bonds is 26. The molecule has 0 aliphatic carbocycles. The highest BCUT2D eigenvalue weighted by atomic mass is 32.2. The maximum atomic E-state index is 10.5. The van der Waals surface area contributed by atoms with Gasteiger partial charge in [0.2, 0.25) is 0 Å². The van der Waals surface area contributed by atoms with Crippen LogP contribution in [-0.4, -0.2) is 29.5 Å². The molecule has 0 aromatic heterocycles. The van der Waals surface area contributed by atoms with Crippen LogP contribution in [0.3, 0.4) is 0 Å². The van der Waals surface area contributed by atoms with Crippen LogP contribution >= 0.6 is 0 Å². The lowest BCUT2D eigenvalue weighted by molar-refractivity contribution is 0.267. The van der Waals surface area contributed by atoms with Gasteiger partial charge in [0, 0.05) is 6.61 Å². The fraction of sp³-hybridized carbons (Fsp3) is 1.00. The third kappa shape index (κ3) is 23.3. The van der Waals surface area contributed by atoms with E-state index < -0.39 is 6.40 Å². The second-order valence-corrected chi connectivity index (χ2v) is 11.8. The minimum atomic E-state index is -0.517. The monoisotopic (exact) mass is 457 g/mol. The van der Waals surface area contributed by atoms with Crippen LogP contribution in [0.2, 0.25) is 0 Å². The van der Waals surface area contributed by atoms with Gasteiger partial charge in [0.15, 0.2) is 0 Å². The zero-order valence-electron chi connectivity index (χ0n) is 21.8. The summed E-state index contributed by atoms with van der Waals surface area (Å²) < 4.78 is 5.84. The van der Waals surface area contributed by atoms with Crippen molar-refractivity contribution in [3.8, 4) is 0 Å². The minimum Gasteiger partial charge on any atom is -0.378 e. The first-order chi connectivity index (χ1) is 15.3. The van der Waals surface area contributed by atoms with Gasteiger partial charge in [-0.15, -0.1) is 0 Å². The van der Waals surface area contributed by atoms with Crippen LogP contribution < -0.4 is 0 Å². The van der Waals surface area contributed by atoms with E-state index in [1.165, 1.54) is 122 Å². The molecule has 0 aliphatic rings. The molecule has 31 heavy (non-hydrogen) atoms. The van der Waals surface area contributed by atoms with E-state index in [1.54, 1.807) is 0 Å². The number of hydrogen-bond acceptors (Lipinski definition) is 2. The highest BCUT2D eigenvalue weighted by Crippen LogP contribution is 2.14. The van der Waals surface area contributed by atoms with E-state index in [4.69, 9.17) is 4.65 Å². The summed E-state index contributed by atoms with van der Waals surface area (Å²) in [4.78, 5) is 0. The zero-order chi connectivity index (χ0) is 22.8. The molecule has 0 bridgehead atoms. The summed E-state index contributed by atoms with van der Waals surface area (Å²) in [6.45, 7) is 7.53. The molecule has 0 rings (SSSR count). The second kappa shape index (κ2) is 26.6. The largest absolute Gasteiger partial charge is 0.752 e. The summed E-state index contributed by atoms with van der Waals surface area (Å²) in [5.74, 6) is 2.28. The van der Waals surface area contributed by atoms with Crippen molar-refractivity contribution in [1.82, 2.24) is 0 Å². The summed E-state index contributed by atoms with van der Waals surface area (Å²) in [5.41, 5.74) is 0. The van der Waals surface area contributed by atoms with E-state index in [9.17, 15) is 5.02 Å². The molecule has 1 unspecified atom stereocenters. The van der Waals surface area contributed by atoms with Gasteiger partial charge in [-0.3, -0.25) is 0 Å². The Kier molecular flexibility index (Phi) is 26.9. The highest BCUT2D eigenvalue weighted by Gasteiger charge is 2.38. The van der Waals surface area contributed by atoms with Gasteiger partial charge in [-0.2, -0.15) is 0 Å². The molecule has 1 atom stereocenters. The molecule has 0 amide bonds. The maximum Gasteiger partial charge on any atom is 0.752 e. The van der Waals surface area contributed by atoms with Gasteiger partial charge in [-0.25, -0.2) is 0 Å². The molecule has 0 saturated heterocycles. The van der Waals surface area contributed by atoms with Crippen LogP contribution in [0.4, 0.5) is 0 Å². The van der Waals surface area contributed by atoms with Crippen molar-refractivity contribution in [3.05, 3.63) is 0 Å². The van der Waals surface area contributed by atoms with Crippen LogP contribution in [0.1, 0.15) is 156 Å². The second-order valence-electron chi connectivity index (χ2n) is 9.49. The Labute approximate surface area is 200 Å². The summed E-state index contributed by atoms with van der Waals surface area (Å²) >= 11 is 0. The van der Waals surface area contributed by atoms with Crippen LogP contribution in [-0.2, 0) is 15.4 Å². The predicted octanol–water partition coefficient (Wildman–Crippen LogP) is 8.85. The van der Waals surface area contributed by atoms with E-state index in [1.807, 2.05) is 0 Å². The van der Waals surface area contributed by atoms with Crippen molar-refractivity contribution < 1.29 is 9.68 Å². The standard InChI is InChI=1S/C27H58BO2S/c1-4-7-9-11-13-15-17-19-21-23-25-30-28(29)31(26-6-3)27-24-22-20-18-16-14-12-10-8-5-2/h29H,4-27H2,1-3H3/q+1. The van der Waals surface area contributed by atoms with E-state index in [0.29, 0.717) is 0 Å². The molecular formula is C27H58BO2S+. The molecule has 0 aromatic carbocycles. The van der Waals surface area contributed by atoms with Crippen molar-refractivity contribution >= 4 is 17.1 Å². The molecule has 0 radical (unpaired) electrons. The predicted molar refractivity (Wildman–Crippen MR) is 145 cm³/mol. The van der Waals surface area contributed by atoms with E-state index in [-0.39, 0.29) is 10.7 Å². The fourth-order valence-corrected chi connectivity index (χ4v) is 6.21. The molecule has 0 spiro atoms. The quantitative estimate of drug-likeness (QED) is 0.0798. The van der Waals surface area contributed by atoms with Gasteiger partial charge in [0.05, 0.1) is 11.5 Å². The topological polar surface area (TPSA) is 29.5 Å². The van der Waals surface area contributed by atoms with Crippen LogP contribution in [0.5, 0.6) is 0 Å². The minimum absolute atomic E-state index is 0.0369. The summed E-state index contributed by atoms with van der Waals surface area (Å²) in [5, 5.41) is 10.5. The smallest absolute Gasteiger partial charge is 0.378 e. The molecule has 0 aliphatic heterocycles. The van der Waals surface area contributed by atoms with E-state index in [0.717, 1.165) is 31.0 Å². The van der Waals surface area contributed by atoms with Gasteiger partial charge < -0.3 is 9.68 Å². The van der Waals surface area contributed by atoms with Crippen molar-refractivity contribution in [1.29, 1.82) is 0 Å². The first kappa shape index (κ1) is 31.3. The molecule has 4 heteroatoms. The normalized spacial score (nSPS) is 12.4. The van der Waals surface area contributed by atoms with Gasteiger partial charge in [0.25, 0.3) is 0 Å². The van der Waals surface area contributed by atoms with Gasteiger partial charge in [-0.1, -0.05) is 130 Å². The van der Waals surface area contributed by atoms with Gasteiger partial charge in [0.1, 0.15) is 0 Å². The average Bonchev–Trinajstić information content (AvgIpc) is 2.77. The Balaban J connectivity index is 3.57. The van der Waals surface area contributed by atoms with Crippen LogP contribution in [0.15, 0.2) is 0 Å². The molecule has 2 nitrogen and oxygen atoms in total. The molecule has 0 saturated carbocycles. The van der Waals surface area contributed by atoms with Crippen molar-refractivity contribution in [2.45, 2.75) is 156 Å². The fourth-order valence-electron chi connectivity index (χ4n) is 4.21. The third-order valence-electron chi connectivity index (χ3n) is 6.27. The molecule has 0 heterocycles. The average molecular weight is 458 g/mol. The molecule has 0 aromatic rings. The SMILES string of the molecule is CCCCCCCCCCCCOB(O)[S+](CCC)CCCCCCCCCCCC. The Morgan fingerprint density at radius 2 is 0.871 bits per heavy atom. The van der Waals surface area contributed by atoms with Crippen molar-refractivity contribution in [3.63, 3.8) is 0 Å². The van der Waals surface area contributed by atoms with E-state index in [2.05, 4.69) is 20.8 Å². The zero-order valence-corrected chi connectivity index (χ0v) is 22.6. The lowest BCUT2D eigenvalue weighted by Crippen LogP contribution is -2.35. The first-order valence-corrected chi connectivity index (χ1v) is 15.8. The maximum absolute atomic E-state index is 10.5. The molecule has 0 fully saturated rings. The molecular weight excluding hydrogens is 399 g/mol. The van der Waals surface area contributed by atoms with Crippen LogP contribution in [0, 0.1) is 0 Å².